The van der Waals surface area contributed by atoms with Crippen molar-refractivity contribution in [3.05, 3.63) is 125 Å². The summed E-state index contributed by atoms with van der Waals surface area (Å²) in [6.07, 6.45) is 8.95. The third-order valence-corrected chi connectivity index (χ3v) is 7.43. The largest absolute Gasteiger partial charge is 0.366 e. The number of unbranched alkanes of at least 4 members (excludes halogenated alkanes) is 2. The zero-order valence-electron chi connectivity index (χ0n) is 23.0. The third-order valence-electron chi connectivity index (χ3n) is 7.43. The van der Waals surface area contributed by atoms with E-state index >= 15 is 0 Å². The Morgan fingerprint density at radius 2 is 1.70 bits per heavy atom. The van der Waals surface area contributed by atoms with Gasteiger partial charge in [0, 0.05) is 49.0 Å². The molecule has 0 fully saturated rings. The second kappa shape index (κ2) is 13.1. The topological polar surface area (TPSA) is 74.3 Å². The highest BCUT2D eigenvalue weighted by Gasteiger charge is 2.22. The lowest BCUT2D eigenvalue weighted by atomic mass is 9.98. The first kappa shape index (κ1) is 27.1. The molecule has 1 aromatic heterocycles. The van der Waals surface area contributed by atoms with Crippen LogP contribution in [0.3, 0.4) is 0 Å². The molecule has 2 amide bonds. The second-order valence-electron chi connectivity index (χ2n) is 10.3. The highest BCUT2D eigenvalue weighted by atomic mass is 16.2. The first-order valence-electron chi connectivity index (χ1n) is 14.1. The van der Waals surface area contributed by atoms with Gasteiger partial charge in [-0.05, 0) is 77.9 Å². The smallest absolute Gasteiger partial charge is 0.255 e. The fourth-order valence-corrected chi connectivity index (χ4v) is 5.16. The van der Waals surface area contributed by atoms with Gasteiger partial charge in [0.15, 0.2) is 0 Å². The molecule has 0 saturated heterocycles. The summed E-state index contributed by atoms with van der Waals surface area (Å²) in [7, 11) is 0. The van der Waals surface area contributed by atoms with E-state index in [0.29, 0.717) is 23.4 Å². The molecule has 0 saturated carbocycles. The Labute approximate surface area is 236 Å². The number of carbonyl (C=O) groups excluding carboxylic acids is 2. The number of aromatic nitrogens is 1. The first-order chi connectivity index (χ1) is 19.6. The molecule has 6 nitrogen and oxygen atoms in total. The predicted octanol–water partition coefficient (Wildman–Crippen LogP) is 6.56. The van der Waals surface area contributed by atoms with Gasteiger partial charge in [-0.1, -0.05) is 62.2 Å². The minimum atomic E-state index is -0.193. The molecule has 0 bridgehead atoms. The molecule has 40 heavy (non-hydrogen) atoms. The molecule has 2 heterocycles. The van der Waals surface area contributed by atoms with E-state index in [1.165, 1.54) is 29.5 Å². The van der Waals surface area contributed by atoms with Gasteiger partial charge in [0.25, 0.3) is 11.8 Å². The molecule has 0 atom stereocenters. The van der Waals surface area contributed by atoms with Gasteiger partial charge in [-0.25, -0.2) is 0 Å². The van der Waals surface area contributed by atoms with Crippen LogP contribution in [0.4, 0.5) is 11.4 Å². The molecule has 5 rings (SSSR count). The van der Waals surface area contributed by atoms with Crippen LogP contribution in [0.2, 0.25) is 0 Å². The molecule has 6 heteroatoms. The minimum absolute atomic E-state index is 0.190. The summed E-state index contributed by atoms with van der Waals surface area (Å²) < 4.78 is 0. The van der Waals surface area contributed by atoms with Crippen molar-refractivity contribution in [2.75, 3.05) is 16.8 Å². The van der Waals surface area contributed by atoms with Crippen LogP contribution >= 0.6 is 0 Å². The second-order valence-corrected chi connectivity index (χ2v) is 10.3. The van der Waals surface area contributed by atoms with Crippen molar-refractivity contribution in [2.24, 2.45) is 0 Å². The van der Waals surface area contributed by atoms with Crippen molar-refractivity contribution >= 4 is 23.2 Å². The first-order valence-corrected chi connectivity index (χ1v) is 14.1. The number of anilines is 2. The summed E-state index contributed by atoms with van der Waals surface area (Å²) in [4.78, 5) is 33.0. The number of rotatable bonds is 10. The van der Waals surface area contributed by atoms with Crippen molar-refractivity contribution in [3.63, 3.8) is 0 Å². The Hall–Kier alpha value is -4.45. The fourth-order valence-electron chi connectivity index (χ4n) is 5.16. The van der Waals surface area contributed by atoms with Crippen molar-refractivity contribution in [3.8, 4) is 0 Å². The van der Waals surface area contributed by atoms with Gasteiger partial charge in [0.05, 0.1) is 5.56 Å². The maximum Gasteiger partial charge on any atom is 0.255 e. The normalized spacial score (nSPS) is 12.5. The van der Waals surface area contributed by atoms with E-state index in [1.54, 1.807) is 18.5 Å². The highest BCUT2D eigenvalue weighted by molar-refractivity contribution is 6.06. The van der Waals surface area contributed by atoms with Gasteiger partial charge in [0.1, 0.15) is 0 Å². The molecule has 0 aliphatic carbocycles. The Bertz CT molecular complexity index is 1450. The Balaban J connectivity index is 1.35. The lowest BCUT2D eigenvalue weighted by Gasteiger charge is -2.32. The standard InChI is InChI=1S/C34H36N4O2/c1-2-3-4-8-25-12-14-28(15-13-25)33(39)37-30-16-17-32(38-20-18-27-10-5-6-11-29(27)24-38)31(21-30)34(40)36-23-26-9-7-19-35-22-26/h5-7,9-17,19,21-22H,2-4,8,18,20,23-24H2,1H3,(H,36,40)(H,37,39). The van der Waals surface area contributed by atoms with Crippen molar-refractivity contribution in [1.82, 2.24) is 10.3 Å². The molecule has 0 radical (unpaired) electrons. The van der Waals surface area contributed by atoms with Gasteiger partial charge in [-0.3, -0.25) is 14.6 Å². The molecular formula is C34H36N4O2. The number of pyridine rings is 1. The van der Waals surface area contributed by atoms with E-state index in [1.807, 2.05) is 48.5 Å². The molecule has 0 unspecified atom stereocenters. The van der Waals surface area contributed by atoms with Crippen molar-refractivity contribution in [1.29, 1.82) is 0 Å². The molecule has 204 valence electrons. The summed E-state index contributed by atoms with van der Waals surface area (Å²) >= 11 is 0. The number of nitrogens with one attached hydrogen (secondary N) is 2. The lowest BCUT2D eigenvalue weighted by Crippen LogP contribution is -2.33. The van der Waals surface area contributed by atoms with Crippen LogP contribution in [0.1, 0.15) is 69.2 Å². The number of hydrogen-bond acceptors (Lipinski definition) is 4. The molecule has 0 spiro atoms. The summed E-state index contributed by atoms with van der Waals surface area (Å²) in [5, 5.41) is 6.03. The van der Waals surface area contributed by atoms with E-state index in [0.717, 1.165) is 43.6 Å². The zero-order valence-corrected chi connectivity index (χ0v) is 23.0. The van der Waals surface area contributed by atoms with Gasteiger partial charge in [0.2, 0.25) is 0 Å². The molecule has 2 N–H and O–H groups in total. The van der Waals surface area contributed by atoms with Gasteiger partial charge in [-0.15, -0.1) is 0 Å². The number of aryl methyl sites for hydroxylation is 1. The number of benzene rings is 3. The van der Waals surface area contributed by atoms with Crippen LogP contribution in [0, 0.1) is 0 Å². The van der Waals surface area contributed by atoms with Gasteiger partial charge < -0.3 is 15.5 Å². The molecule has 1 aliphatic heterocycles. The van der Waals surface area contributed by atoms with Crippen LogP contribution in [-0.4, -0.2) is 23.3 Å². The van der Waals surface area contributed by atoms with Crippen LogP contribution in [0.25, 0.3) is 0 Å². The maximum atomic E-state index is 13.5. The zero-order chi connectivity index (χ0) is 27.7. The minimum Gasteiger partial charge on any atom is -0.366 e. The highest BCUT2D eigenvalue weighted by Crippen LogP contribution is 2.30. The molecular weight excluding hydrogens is 496 g/mol. The van der Waals surface area contributed by atoms with E-state index in [2.05, 4.69) is 51.7 Å². The maximum absolute atomic E-state index is 13.5. The number of hydrogen-bond donors (Lipinski definition) is 2. The summed E-state index contributed by atoms with van der Waals surface area (Å²) in [5.41, 5.74) is 7.35. The number of nitrogens with zero attached hydrogens (tertiary/aromatic N) is 2. The lowest BCUT2D eigenvalue weighted by molar-refractivity contribution is 0.0950. The van der Waals surface area contributed by atoms with Crippen molar-refractivity contribution in [2.45, 2.75) is 52.1 Å². The fraction of sp³-hybridized carbons (Fsp3) is 0.265. The van der Waals surface area contributed by atoms with Crippen LogP contribution in [0.5, 0.6) is 0 Å². The van der Waals surface area contributed by atoms with Crippen LogP contribution in [0.15, 0.2) is 91.3 Å². The number of fused-ring (bicyclic) bond motifs is 1. The SMILES string of the molecule is CCCCCc1ccc(C(=O)Nc2ccc(N3CCc4ccccc4C3)c(C(=O)NCc3cccnc3)c2)cc1. The Kier molecular flexibility index (Phi) is 8.86. The summed E-state index contributed by atoms with van der Waals surface area (Å²) in [6, 6.07) is 25.6. The van der Waals surface area contributed by atoms with Crippen LogP contribution in [-0.2, 0) is 25.9 Å². The molecule has 1 aliphatic rings. The number of amides is 2. The van der Waals surface area contributed by atoms with E-state index in [9.17, 15) is 9.59 Å². The quantitative estimate of drug-likeness (QED) is 0.227. The molecule has 3 aromatic carbocycles. The van der Waals surface area contributed by atoms with Crippen molar-refractivity contribution < 1.29 is 9.59 Å². The third kappa shape index (κ3) is 6.75. The average molecular weight is 533 g/mol. The van der Waals surface area contributed by atoms with E-state index in [4.69, 9.17) is 0 Å². The number of carbonyl (C=O) groups is 2. The van der Waals surface area contributed by atoms with Gasteiger partial charge >= 0.3 is 0 Å². The average Bonchev–Trinajstić information content (AvgIpc) is 3.00. The Morgan fingerprint density at radius 3 is 2.48 bits per heavy atom. The summed E-state index contributed by atoms with van der Waals surface area (Å²) in [6.45, 7) is 4.11. The molecule has 4 aromatic rings. The van der Waals surface area contributed by atoms with E-state index in [-0.39, 0.29) is 11.8 Å². The Morgan fingerprint density at radius 1 is 0.875 bits per heavy atom. The predicted molar refractivity (Wildman–Crippen MR) is 161 cm³/mol. The van der Waals surface area contributed by atoms with E-state index < -0.39 is 0 Å². The van der Waals surface area contributed by atoms with Gasteiger partial charge in [-0.2, -0.15) is 0 Å². The summed E-state index contributed by atoms with van der Waals surface area (Å²) in [5.74, 6) is -0.383. The van der Waals surface area contributed by atoms with Crippen LogP contribution < -0.4 is 15.5 Å². The monoisotopic (exact) mass is 532 g/mol.